The molecule has 0 bridgehead atoms. The molecule has 106 valence electrons. The van der Waals surface area contributed by atoms with Crippen LogP contribution >= 0.6 is 0 Å². The third kappa shape index (κ3) is 3.45. The van der Waals surface area contributed by atoms with Gasteiger partial charge < -0.3 is 25.8 Å². The second-order valence-corrected chi connectivity index (χ2v) is 4.20. The number of aromatic nitrogens is 2. The first-order valence-electron chi connectivity index (χ1n) is 5.85. The maximum atomic E-state index is 11.8. The van der Waals surface area contributed by atoms with Crippen molar-refractivity contribution in [2.24, 2.45) is 5.73 Å². The first-order valence-corrected chi connectivity index (χ1v) is 5.85. The van der Waals surface area contributed by atoms with Crippen molar-refractivity contribution in [2.75, 3.05) is 0 Å². The zero-order chi connectivity index (χ0) is 14.5. The van der Waals surface area contributed by atoms with Gasteiger partial charge in [-0.3, -0.25) is 4.79 Å². The van der Waals surface area contributed by atoms with Crippen LogP contribution in [-0.4, -0.2) is 32.3 Å². The first-order chi connectivity index (χ1) is 9.56. The van der Waals surface area contributed by atoms with Gasteiger partial charge in [-0.25, -0.2) is 0 Å². The fraction of sp³-hybridized carbons (Fsp3) is 0.250. The minimum atomic E-state index is -0.786. The Hall–Kier alpha value is -2.61. The van der Waals surface area contributed by atoms with Gasteiger partial charge in [0.25, 0.3) is 0 Å². The van der Waals surface area contributed by atoms with E-state index in [2.05, 4.69) is 20.0 Å². The van der Waals surface area contributed by atoms with Crippen LogP contribution in [0.5, 0.6) is 11.5 Å². The number of aromatic hydroxyl groups is 2. The van der Waals surface area contributed by atoms with Crippen LogP contribution < -0.4 is 11.1 Å². The number of nitrogens with one attached hydrogen (secondary N) is 1. The fourth-order valence-corrected chi connectivity index (χ4v) is 1.61. The van der Waals surface area contributed by atoms with Crippen LogP contribution in [0.4, 0.5) is 0 Å². The number of phenolic OH excluding ortho intramolecular Hbond substituents is 2. The van der Waals surface area contributed by atoms with Gasteiger partial charge in [0.05, 0.1) is 12.6 Å². The topological polar surface area (TPSA) is 134 Å². The average molecular weight is 278 g/mol. The van der Waals surface area contributed by atoms with E-state index in [-0.39, 0.29) is 30.4 Å². The Labute approximate surface area is 114 Å². The van der Waals surface area contributed by atoms with Gasteiger partial charge >= 0.3 is 0 Å². The molecule has 0 spiro atoms. The molecule has 0 saturated heterocycles. The molecule has 0 unspecified atom stereocenters. The number of carbonyl (C=O) groups excluding carboxylic acids is 1. The predicted molar refractivity (Wildman–Crippen MR) is 67.6 cm³/mol. The summed E-state index contributed by atoms with van der Waals surface area (Å²) in [6, 6.07) is 3.50. The van der Waals surface area contributed by atoms with E-state index in [0.29, 0.717) is 11.4 Å². The minimum absolute atomic E-state index is 0.129. The molecule has 1 atom stereocenters. The zero-order valence-electron chi connectivity index (χ0n) is 10.5. The molecule has 5 N–H and O–H groups in total. The van der Waals surface area contributed by atoms with Crippen molar-refractivity contribution < 1.29 is 19.5 Å². The average Bonchev–Trinajstić information content (AvgIpc) is 2.93. The lowest BCUT2D eigenvalue weighted by Gasteiger charge is -2.11. The summed E-state index contributed by atoms with van der Waals surface area (Å²) in [5.74, 6) is -0.485. The Morgan fingerprint density at radius 3 is 2.85 bits per heavy atom. The van der Waals surface area contributed by atoms with Gasteiger partial charge in [0.15, 0.2) is 17.3 Å². The van der Waals surface area contributed by atoms with Crippen molar-refractivity contribution in [1.29, 1.82) is 0 Å². The highest BCUT2D eigenvalue weighted by Crippen LogP contribution is 2.25. The van der Waals surface area contributed by atoms with E-state index in [9.17, 15) is 15.0 Å². The van der Waals surface area contributed by atoms with Gasteiger partial charge in [-0.2, -0.15) is 4.98 Å². The first kappa shape index (κ1) is 13.8. The van der Waals surface area contributed by atoms with Crippen LogP contribution in [0.25, 0.3) is 0 Å². The van der Waals surface area contributed by atoms with Crippen LogP contribution in [0.1, 0.15) is 11.4 Å². The number of amides is 1. The summed E-state index contributed by atoms with van der Waals surface area (Å²) in [5.41, 5.74) is 6.40. The van der Waals surface area contributed by atoms with Crippen molar-refractivity contribution in [1.82, 2.24) is 15.5 Å². The summed E-state index contributed by atoms with van der Waals surface area (Å²) in [6.07, 6.45) is 1.40. The molecule has 8 heteroatoms. The largest absolute Gasteiger partial charge is 0.504 e. The van der Waals surface area contributed by atoms with E-state index in [0.717, 1.165) is 0 Å². The second kappa shape index (κ2) is 6.02. The summed E-state index contributed by atoms with van der Waals surface area (Å²) in [6.45, 7) is 0.129. The molecule has 1 heterocycles. The third-order valence-corrected chi connectivity index (χ3v) is 2.66. The van der Waals surface area contributed by atoms with E-state index in [1.54, 1.807) is 6.07 Å². The maximum absolute atomic E-state index is 11.8. The summed E-state index contributed by atoms with van der Waals surface area (Å²) >= 11 is 0. The Bertz CT molecular complexity index is 585. The van der Waals surface area contributed by atoms with Gasteiger partial charge in [-0.15, -0.1) is 0 Å². The molecule has 0 aliphatic carbocycles. The number of carbonyl (C=O) groups is 1. The maximum Gasteiger partial charge on any atom is 0.237 e. The predicted octanol–water partition coefficient (Wildman–Crippen LogP) is -0.333. The molecule has 20 heavy (non-hydrogen) atoms. The van der Waals surface area contributed by atoms with Crippen LogP contribution in [0.15, 0.2) is 29.1 Å². The fourth-order valence-electron chi connectivity index (χ4n) is 1.61. The Balaban J connectivity index is 1.88. The van der Waals surface area contributed by atoms with Crippen molar-refractivity contribution in [3.8, 4) is 11.5 Å². The zero-order valence-corrected chi connectivity index (χ0v) is 10.5. The van der Waals surface area contributed by atoms with Crippen molar-refractivity contribution in [3.63, 3.8) is 0 Å². The molecule has 8 nitrogen and oxygen atoms in total. The molecule has 0 fully saturated rings. The van der Waals surface area contributed by atoms with Gasteiger partial charge in [0.2, 0.25) is 12.3 Å². The molecule has 1 aromatic carbocycles. The van der Waals surface area contributed by atoms with E-state index in [4.69, 9.17) is 5.73 Å². The number of benzene rings is 1. The molecule has 2 rings (SSSR count). The van der Waals surface area contributed by atoms with Gasteiger partial charge in [0, 0.05) is 0 Å². The van der Waals surface area contributed by atoms with Crippen molar-refractivity contribution >= 4 is 5.91 Å². The summed E-state index contributed by atoms with van der Waals surface area (Å²) in [5, 5.41) is 24.7. The second-order valence-electron chi connectivity index (χ2n) is 4.20. The highest BCUT2D eigenvalue weighted by atomic mass is 16.5. The molecule has 0 aliphatic heterocycles. The molecule has 1 aromatic heterocycles. The van der Waals surface area contributed by atoms with Gasteiger partial charge in [-0.05, 0) is 24.1 Å². The molecular formula is C12H14N4O4. The number of rotatable bonds is 5. The SMILES string of the molecule is N[C@@H](Cc1ccc(O)c(O)c1)C(=O)NCc1ncon1. The Morgan fingerprint density at radius 2 is 2.20 bits per heavy atom. The van der Waals surface area contributed by atoms with Crippen LogP contribution in [0.3, 0.4) is 0 Å². The third-order valence-electron chi connectivity index (χ3n) is 2.66. The van der Waals surface area contributed by atoms with E-state index >= 15 is 0 Å². The smallest absolute Gasteiger partial charge is 0.237 e. The van der Waals surface area contributed by atoms with Crippen LogP contribution in [0.2, 0.25) is 0 Å². The quantitative estimate of drug-likeness (QED) is 0.550. The summed E-state index contributed by atoms with van der Waals surface area (Å²) in [4.78, 5) is 15.5. The lowest BCUT2D eigenvalue weighted by molar-refractivity contribution is -0.122. The number of nitrogens with zero attached hydrogens (tertiary/aromatic N) is 2. The molecule has 0 radical (unpaired) electrons. The minimum Gasteiger partial charge on any atom is -0.504 e. The van der Waals surface area contributed by atoms with E-state index in [1.165, 1.54) is 18.5 Å². The summed E-state index contributed by atoms with van der Waals surface area (Å²) in [7, 11) is 0. The number of hydrogen-bond donors (Lipinski definition) is 4. The molecule has 0 aliphatic rings. The molecule has 2 aromatic rings. The van der Waals surface area contributed by atoms with Gasteiger partial charge in [-0.1, -0.05) is 11.2 Å². The normalized spacial score (nSPS) is 12.1. The number of hydrogen-bond acceptors (Lipinski definition) is 7. The van der Waals surface area contributed by atoms with Crippen LogP contribution in [-0.2, 0) is 17.8 Å². The lowest BCUT2D eigenvalue weighted by Crippen LogP contribution is -2.41. The highest BCUT2D eigenvalue weighted by molar-refractivity contribution is 5.81. The monoisotopic (exact) mass is 278 g/mol. The number of phenols is 2. The van der Waals surface area contributed by atoms with Gasteiger partial charge in [0.1, 0.15) is 0 Å². The summed E-state index contributed by atoms with van der Waals surface area (Å²) < 4.78 is 4.53. The van der Waals surface area contributed by atoms with Crippen LogP contribution in [0, 0.1) is 0 Å². The standard InChI is InChI=1S/C12H14N4O4/c13-8(3-7-1-2-9(17)10(18)4-7)12(19)14-5-11-15-6-20-16-11/h1-2,4,6,8,17-18H,3,5,13H2,(H,14,19)/t8-/m0/s1. The number of nitrogens with two attached hydrogens (primary N) is 1. The molecule has 1 amide bonds. The lowest BCUT2D eigenvalue weighted by atomic mass is 10.1. The highest BCUT2D eigenvalue weighted by Gasteiger charge is 2.15. The molecule has 0 saturated carbocycles. The van der Waals surface area contributed by atoms with Crippen molar-refractivity contribution in [3.05, 3.63) is 36.0 Å². The Morgan fingerprint density at radius 1 is 1.40 bits per heavy atom. The van der Waals surface area contributed by atoms with Crippen molar-refractivity contribution in [2.45, 2.75) is 19.0 Å². The van der Waals surface area contributed by atoms with E-state index in [1.807, 2.05) is 0 Å². The van der Waals surface area contributed by atoms with E-state index < -0.39 is 6.04 Å². The Kier molecular flexibility index (Phi) is 4.16. The molecular weight excluding hydrogens is 264 g/mol.